The van der Waals surface area contributed by atoms with Crippen molar-refractivity contribution in [1.29, 1.82) is 0 Å². The van der Waals surface area contributed by atoms with Crippen LogP contribution in [0.1, 0.15) is 18.7 Å². The monoisotopic (exact) mass is 405 g/mol. The number of nitrogens with one attached hydrogen (secondary N) is 1. The summed E-state index contributed by atoms with van der Waals surface area (Å²) in [5.41, 5.74) is 1.78. The lowest BCUT2D eigenvalue weighted by Gasteiger charge is -2.09. The number of hydrogen-bond acceptors (Lipinski definition) is 8. The van der Waals surface area contributed by atoms with E-state index < -0.39 is 0 Å². The first-order chi connectivity index (χ1) is 14.3. The number of hydrogen-bond donors (Lipinski definition) is 1. The van der Waals surface area contributed by atoms with E-state index in [9.17, 15) is 0 Å². The van der Waals surface area contributed by atoms with Gasteiger partial charge in [0.15, 0.2) is 5.16 Å². The van der Waals surface area contributed by atoms with Gasteiger partial charge < -0.3 is 14.6 Å². The highest BCUT2D eigenvalue weighted by molar-refractivity contribution is 7.98. The summed E-state index contributed by atoms with van der Waals surface area (Å²) in [6.45, 7) is 0. The molecule has 146 valence electrons. The number of para-hydroxylation sites is 1. The molecule has 0 aliphatic heterocycles. The van der Waals surface area contributed by atoms with Crippen LogP contribution in [0, 0.1) is 0 Å². The van der Waals surface area contributed by atoms with Gasteiger partial charge in [-0.2, -0.15) is 4.98 Å². The van der Waals surface area contributed by atoms with Crippen LogP contribution in [0.5, 0.6) is 5.75 Å². The maximum absolute atomic E-state index is 5.41. The van der Waals surface area contributed by atoms with E-state index in [-0.39, 0.29) is 0 Å². The van der Waals surface area contributed by atoms with Gasteiger partial charge >= 0.3 is 0 Å². The van der Waals surface area contributed by atoms with E-state index >= 15 is 0 Å². The summed E-state index contributed by atoms with van der Waals surface area (Å²) < 4.78 is 10.7. The molecular formula is C21H19N5O2S. The van der Waals surface area contributed by atoms with Crippen LogP contribution in [0.15, 0.2) is 58.2 Å². The predicted octanol–water partition coefficient (Wildman–Crippen LogP) is 4.56. The Morgan fingerprint density at radius 1 is 1.10 bits per heavy atom. The highest BCUT2D eigenvalue weighted by Gasteiger charge is 2.23. The second-order valence-corrected chi connectivity index (χ2v) is 7.77. The van der Waals surface area contributed by atoms with E-state index in [1.54, 1.807) is 7.11 Å². The van der Waals surface area contributed by atoms with Gasteiger partial charge in [0.1, 0.15) is 11.6 Å². The van der Waals surface area contributed by atoms with Crippen molar-refractivity contribution < 1.29 is 9.26 Å². The van der Waals surface area contributed by atoms with Gasteiger partial charge in [-0.05, 0) is 37.1 Å². The molecule has 2 heterocycles. The van der Waals surface area contributed by atoms with Gasteiger partial charge in [0.2, 0.25) is 11.7 Å². The third-order valence-electron chi connectivity index (χ3n) is 4.62. The van der Waals surface area contributed by atoms with Gasteiger partial charge in [-0.25, -0.2) is 9.97 Å². The summed E-state index contributed by atoms with van der Waals surface area (Å²) in [5.74, 6) is 3.21. The number of benzene rings is 2. The molecular weight excluding hydrogens is 386 g/mol. The van der Waals surface area contributed by atoms with Crippen molar-refractivity contribution in [2.24, 2.45) is 0 Å². The largest absolute Gasteiger partial charge is 0.497 e. The van der Waals surface area contributed by atoms with Crippen LogP contribution in [0.25, 0.3) is 22.3 Å². The highest BCUT2D eigenvalue weighted by Crippen LogP contribution is 2.30. The molecule has 2 aromatic carbocycles. The molecule has 2 aromatic heterocycles. The number of fused-ring (bicyclic) bond motifs is 1. The zero-order chi connectivity index (χ0) is 19.6. The summed E-state index contributed by atoms with van der Waals surface area (Å²) in [4.78, 5) is 13.9. The average Bonchev–Trinajstić information content (AvgIpc) is 3.45. The van der Waals surface area contributed by atoms with E-state index in [0.717, 1.165) is 28.0 Å². The van der Waals surface area contributed by atoms with Crippen molar-refractivity contribution in [3.8, 4) is 17.1 Å². The summed E-state index contributed by atoms with van der Waals surface area (Å²) in [5, 5.41) is 9.32. The second-order valence-electron chi connectivity index (χ2n) is 6.82. The van der Waals surface area contributed by atoms with Crippen molar-refractivity contribution in [1.82, 2.24) is 20.1 Å². The van der Waals surface area contributed by atoms with Crippen LogP contribution < -0.4 is 10.1 Å². The molecule has 1 saturated carbocycles. The molecule has 0 atom stereocenters. The molecule has 4 aromatic rings. The third-order valence-corrected chi connectivity index (χ3v) is 5.45. The van der Waals surface area contributed by atoms with E-state index in [0.29, 0.717) is 28.7 Å². The minimum atomic E-state index is 0.498. The molecule has 1 aliphatic carbocycles. The minimum absolute atomic E-state index is 0.498. The van der Waals surface area contributed by atoms with Crippen LogP contribution in [-0.4, -0.2) is 33.3 Å². The van der Waals surface area contributed by atoms with Crippen LogP contribution in [0.4, 0.5) is 5.82 Å². The first kappa shape index (κ1) is 17.9. The predicted molar refractivity (Wildman–Crippen MR) is 112 cm³/mol. The number of methoxy groups -OCH3 is 1. The van der Waals surface area contributed by atoms with Crippen molar-refractivity contribution >= 4 is 28.5 Å². The number of rotatable bonds is 7. The fourth-order valence-electron chi connectivity index (χ4n) is 2.97. The molecule has 1 N–H and O–H groups in total. The molecule has 1 fully saturated rings. The molecule has 8 heteroatoms. The number of anilines is 1. The Bertz CT molecular complexity index is 1160. The van der Waals surface area contributed by atoms with Crippen molar-refractivity contribution in [3.05, 3.63) is 54.4 Å². The van der Waals surface area contributed by atoms with Gasteiger partial charge in [-0.15, -0.1) is 0 Å². The van der Waals surface area contributed by atoms with Gasteiger partial charge in [0.25, 0.3) is 0 Å². The van der Waals surface area contributed by atoms with E-state index in [4.69, 9.17) is 14.2 Å². The fraction of sp³-hybridized carbons (Fsp3) is 0.238. The quantitative estimate of drug-likeness (QED) is 0.354. The molecule has 0 saturated heterocycles. The Labute approximate surface area is 171 Å². The maximum Gasteiger partial charge on any atom is 0.237 e. The van der Waals surface area contributed by atoms with Gasteiger partial charge in [0.05, 0.1) is 18.4 Å². The Hall–Kier alpha value is -3.13. The lowest BCUT2D eigenvalue weighted by molar-refractivity contribution is 0.391. The lowest BCUT2D eigenvalue weighted by Crippen LogP contribution is -2.05. The average molecular weight is 405 g/mol. The Morgan fingerprint density at radius 3 is 2.86 bits per heavy atom. The normalized spacial score (nSPS) is 13.6. The lowest BCUT2D eigenvalue weighted by atomic mass is 10.2. The molecule has 0 amide bonds. The summed E-state index contributed by atoms with van der Waals surface area (Å²) in [6, 6.07) is 16.2. The number of ether oxygens (including phenoxy) is 1. The molecule has 0 bridgehead atoms. The van der Waals surface area contributed by atoms with Gasteiger partial charge in [-0.1, -0.05) is 41.2 Å². The van der Waals surface area contributed by atoms with Gasteiger partial charge in [-0.3, -0.25) is 0 Å². The third kappa shape index (κ3) is 4.02. The number of nitrogens with zero attached hydrogens (tertiary/aromatic N) is 4. The van der Waals surface area contributed by atoms with Crippen LogP contribution in [0.3, 0.4) is 0 Å². The van der Waals surface area contributed by atoms with Crippen molar-refractivity contribution in [2.45, 2.75) is 29.8 Å². The summed E-state index contributed by atoms with van der Waals surface area (Å²) in [7, 11) is 1.63. The van der Waals surface area contributed by atoms with Crippen LogP contribution in [0.2, 0.25) is 0 Å². The first-order valence-electron chi connectivity index (χ1n) is 9.41. The molecule has 7 nitrogen and oxygen atoms in total. The van der Waals surface area contributed by atoms with E-state index in [2.05, 4.69) is 20.4 Å². The zero-order valence-electron chi connectivity index (χ0n) is 15.8. The molecule has 0 unspecified atom stereocenters. The topological polar surface area (TPSA) is 86.0 Å². The zero-order valence-corrected chi connectivity index (χ0v) is 16.6. The van der Waals surface area contributed by atoms with E-state index in [1.807, 2.05) is 48.5 Å². The van der Waals surface area contributed by atoms with E-state index in [1.165, 1.54) is 24.6 Å². The molecule has 5 rings (SSSR count). The summed E-state index contributed by atoms with van der Waals surface area (Å²) >= 11 is 1.48. The Morgan fingerprint density at radius 2 is 2.00 bits per heavy atom. The highest BCUT2D eigenvalue weighted by atomic mass is 32.2. The fourth-order valence-corrected chi connectivity index (χ4v) is 3.66. The Kier molecular flexibility index (Phi) is 4.77. The van der Waals surface area contributed by atoms with Crippen molar-refractivity contribution in [3.63, 3.8) is 0 Å². The molecule has 1 aliphatic rings. The maximum atomic E-state index is 5.41. The molecule has 0 radical (unpaired) electrons. The second kappa shape index (κ2) is 7.71. The molecule has 0 spiro atoms. The number of aromatic nitrogens is 4. The smallest absolute Gasteiger partial charge is 0.237 e. The SMILES string of the molecule is COc1cccc(-c2noc(CSc3nc(NC4CC4)c4ccccc4n3)n2)c1. The summed E-state index contributed by atoms with van der Waals surface area (Å²) in [6.07, 6.45) is 2.38. The van der Waals surface area contributed by atoms with Crippen LogP contribution in [-0.2, 0) is 5.75 Å². The molecule has 29 heavy (non-hydrogen) atoms. The standard InChI is InChI=1S/C21H19N5O2S/c1-27-15-6-4-5-13(11-15)19-24-18(28-26-19)12-29-21-23-17-8-3-2-7-16(17)20(25-21)22-14-9-10-14/h2-8,11,14H,9-10,12H2,1H3,(H,22,23,25). The number of thioether (sulfide) groups is 1. The van der Waals surface area contributed by atoms with Gasteiger partial charge in [0, 0.05) is 17.0 Å². The van der Waals surface area contributed by atoms with Crippen molar-refractivity contribution in [2.75, 3.05) is 12.4 Å². The minimum Gasteiger partial charge on any atom is -0.497 e. The first-order valence-corrected chi connectivity index (χ1v) is 10.4. The Balaban J connectivity index is 1.35. The van der Waals surface area contributed by atoms with Crippen LogP contribution >= 0.6 is 11.8 Å².